The third kappa shape index (κ3) is 5.73. The standard InChI is InChI=1S/C11H18N4O3S/c1-11(2,3)8-14-15-10(18-8)19-6-4-5-7(16)13-9(12)17/h4-6H2,1-3H3,(H3,12,13,16,17). The molecular formula is C11H18N4O3S. The van der Waals surface area contributed by atoms with E-state index in [2.05, 4.69) is 10.2 Å². The molecule has 1 aromatic rings. The van der Waals surface area contributed by atoms with E-state index in [0.717, 1.165) is 0 Å². The van der Waals surface area contributed by atoms with Crippen LogP contribution in [0.25, 0.3) is 0 Å². The van der Waals surface area contributed by atoms with Crippen molar-refractivity contribution < 1.29 is 14.0 Å². The third-order valence-corrected chi connectivity index (χ3v) is 2.99. The Labute approximate surface area is 115 Å². The Kier molecular flexibility index (Phi) is 5.34. The molecule has 0 saturated heterocycles. The minimum Gasteiger partial charge on any atom is -0.415 e. The van der Waals surface area contributed by atoms with Crippen LogP contribution in [-0.2, 0) is 10.2 Å². The molecule has 1 aromatic heterocycles. The lowest BCUT2D eigenvalue weighted by atomic mass is 9.97. The van der Waals surface area contributed by atoms with E-state index in [1.54, 1.807) is 0 Å². The molecule has 0 fully saturated rings. The smallest absolute Gasteiger partial charge is 0.318 e. The molecule has 3 amide bonds. The number of rotatable bonds is 5. The van der Waals surface area contributed by atoms with Gasteiger partial charge < -0.3 is 10.2 Å². The average molecular weight is 286 g/mol. The topological polar surface area (TPSA) is 111 Å². The number of nitrogens with one attached hydrogen (secondary N) is 1. The highest BCUT2D eigenvalue weighted by Crippen LogP contribution is 2.24. The lowest BCUT2D eigenvalue weighted by Gasteiger charge is -2.10. The molecule has 106 valence electrons. The summed E-state index contributed by atoms with van der Waals surface area (Å²) in [7, 11) is 0. The van der Waals surface area contributed by atoms with E-state index in [4.69, 9.17) is 10.2 Å². The number of carbonyl (C=O) groups excluding carboxylic acids is 2. The summed E-state index contributed by atoms with van der Waals surface area (Å²) in [5.41, 5.74) is 4.65. The molecule has 1 rings (SSSR count). The number of carbonyl (C=O) groups is 2. The van der Waals surface area contributed by atoms with Gasteiger partial charge in [0.15, 0.2) is 0 Å². The highest BCUT2D eigenvalue weighted by atomic mass is 32.2. The van der Waals surface area contributed by atoms with Crippen molar-refractivity contribution in [1.29, 1.82) is 0 Å². The molecular weight excluding hydrogens is 268 g/mol. The molecule has 0 aliphatic heterocycles. The summed E-state index contributed by atoms with van der Waals surface area (Å²) in [5.74, 6) is 0.855. The predicted octanol–water partition coefficient (Wildman–Crippen LogP) is 1.43. The summed E-state index contributed by atoms with van der Waals surface area (Å²) >= 11 is 1.38. The van der Waals surface area contributed by atoms with Crippen LogP contribution >= 0.6 is 11.8 Å². The Bertz CT molecular complexity index is 453. The van der Waals surface area contributed by atoms with Gasteiger partial charge in [-0.2, -0.15) is 0 Å². The molecule has 0 bridgehead atoms. The van der Waals surface area contributed by atoms with E-state index in [-0.39, 0.29) is 17.7 Å². The number of imide groups is 1. The Morgan fingerprint density at radius 1 is 1.37 bits per heavy atom. The minimum absolute atomic E-state index is 0.173. The summed E-state index contributed by atoms with van der Waals surface area (Å²) in [4.78, 5) is 21.5. The second-order valence-electron chi connectivity index (χ2n) is 4.99. The Hall–Kier alpha value is -1.57. The molecule has 0 aromatic carbocycles. The first-order valence-corrected chi connectivity index (χ1v) is 6.83. The third-order valence-electron chi connectivity index (χ3n) is 2.08. The van der Waals surface area contributed by atoms with Crippen molar-refractivity contribution in [3.8, 4) is 0 Å². The fourth-order valence-electron chi connectivity index (χ4n) is 1.16. The Morgan fingerprint density at radius 3 is 2.58 bits per heavy atom. The first kappa shape index (κ1) is 15.5. The zero-order valence-electron chi connectivity index (χ0n) is 11.2. The molecule has 1 heterocycles. The molecule has 3 N–H and O–H groups in total. The van der Waals surface area contributed by atoms with Gasteiger partial charge in [-0.05, 0) is 6.42 Å². The molecule has 0 atom stereocenters. The average Bonchev–Trinajstić information content (AvgIpc) is 2.71. The quantitative estimate of drug-likeness (QED) is 0.625. The van der Waals surface area contributed by atoms with Crippen molar-refractivity contribution in [1.82, 2.24) is 15.5 Å². The molecule has 0 saturated carbocycles. The van der Waals surface area contributed by atoms with Crippen molar-refractivity contribution in [2.45, 2.75) is 44.3 Å². The van der Waals surface area contributed by atoms with Crippen molar-refractivity contribution in [2.75, 3.05) is 5.75 Å². The van der Waals surface area contributed by atoms with Crippen LogP contribution in [0, 0.1) is 0 Å². The number of amides is 3. The van der Waals surface area contributed by atoms with Gasteiger partial charge in [-0.1, -0.05) is 32.5 Å². The fourth-order valence-corrected chi connectivity index (χ4v) is 1.86. The molecule has 0 unspecified atom stereocenters. The number of hydrogen-bond acceptors (Lipinski definition) is 6. The zero-order chi connectivity index (χ0) is 14.5. The van der Waals surface area contributed by atoms with Gasteiger partial charge >= 0.3 is 6.03 Å². The van der Waals surface area contributed by atoms with Crippen LogP contribution in [0.2, 0.25) is 0 Å². The summed E-state index contributed by atoms with van der Waals surface area (Å²) in [5, 5.41) is 10.4. The maximum atomic E-state index is 11.1. The minimum atomic E-state index is -0.829. The first-order valence-electron chi connectivity index (χ1n) is 5.85. The van der Waals surface area contributed by atoms with Gasteiger partial charge in [0.1, 0.15) is 0 Å². The normalized spacial score (nSPS) is 11.3. The number of nitrogens with two attached hydrogens (primary N) is 1. The molecule has 0 spiro atoms. The van der Waals surface area contributed by atoms with Crippen LogP contribution in [0.5, 0.6) is 0 Å². The molecule has 0 radical (unpaired) electrons. The van der Waals surface area contributed by atoms with Gasteiger partial charge in [0, 0.05) is 17.6 Å². The highest BCUT2D eigenvalue weighted by Gasteiger charge is 2.21. The Morgan fingerprint density at radius 2 is 2.05 bits per heavy atom. The summed E-state index contributed by atoms with van der Waals surface area (Å²) < 4.78 is 5.49. The van der Waals surface area contributed by atoms with Gasteiger partial charge in [-0.25, -0.2) is 4.79 Å². The van der Waals surface area contributed by atoms with E-state index in [1.807, 2.05) is 26.1 Å². The largest absolute Gasteiger partial charge is 0.415 e. The number of urea groups is 1. The van der Waals surface area contributed by atoms with Gasteiger partial charge in [0.25, 0.3) is 5.22 Å². The van der Waals surface area contributed by atoms with E-state index in [9.17, 15) is 9.59 Å². The number of primary amides is 1. The number of aromatic nitrogens is 2. The van der Waals surface area contributed by atoms with E-state index < -0.39 is 6.03 Å². The lowest BCUT2D eigenvalue weighted by molar-refractivity contribution is -0.119. The molecule has 8 heteroatoms. The van der Waals surface area contributed by atoms with E-state index in [1.165, 1.54) is 11.8 Å². The van der Waals surface area contributed by atoms with Crippen LogP contribution in [0.15, 0.2) is 9.64 Å². The second-order valence-corrected chi connectivity index (χ2v) is 6.03. The van der Waals surface area contributed by atoms with Crippen LogP contribution in [0.1, 0.15) is 39.5 Å². The lowest BCUT2D eigenvalue weighted by Crippen LogP contribution is -2.34. The maximum absolute atomic E-state index is 11.1. The maximum Gasteiger partial charge on any atom is 0.318 e. The van der Waals surface area contributed by atoms with Gasteiger partial charge in [-0.3, -0.25) is 10.1 Å². The predicted molar refractivity (Wildman–Crippen MR) is 70.7 cm³/mol. The van der Waals surface area contributed by atoms with Gasteiger partial charge in [0.2, 0.25) is 11.8 Å². The van der Waals surface area contributed by atoms with Gasteiger partial charge in [0.05, 0.1) is 0 Å². The van der Waals surface area contributed by atoms with Crippen LogP contribution in [0.4, 0.5) is 4.79 Å². The van der Waals surface area contributed by atoms with Crippen molar-refractivity contribution in [3.05, 3.63) is 5.89 Å². The molecule has 19 heavy (non-hydrogen) atoms. The van der Waals surface area contributed by atoms with Crippen LogP contribution < -0.4 is 11.1 Å². The second kappa shape index (κ2) is 6.55. The van der Waals surface area contributed by atoms with Crippen molar-refractivity contribution in [2.24, 2.45) is 5.73 Å². The molecule has 7 nitrogen and oxygen atoms in total. The zero-order valence-corrected chi connectivity index (χ0v) is 12.0. The highest BCUT2D eigenvalue weighted by molar-refractivity contribution is 7.99. The summed E-state index contributed by atoms with van der Waals surface area (Å²) in [6.07, 6.45) is 0.827. The van der Waals surface area contributed by atoms with E-state index >= 15 is 0 Å². The van der Waals surface area contributed by atoms with E-state index in [0.29, 0.717) is 23.3 Å². The van der Waals surface area contributed by atoms with Crippen molar-refractivity contribution in [3.63, 3.8) is 0 Å². The molecule has 0 aliphatic carbocycles. The van der Waals surface area contributed by atoms with Crippen molar-refractivity contribution >= 4 is 23.7 Å². The monoisotopic (exact) mass is 286 g/mol. The number of hydrogen-bond donors (Lipinski definition) is 2. The Balaban J connectivity index is 2.28. The molecule has 0 aliphatic rings. The van der Waals surface area contributed by atoms with Gasteiger partial charge in [-0.15, -0.1) is 10.2 Å². The summed E-state index contributed by atoms with van der Waals surface area (Å²) in [6.45, 7) is 5.97. The SMILES string of the molecule is CC(C)(C)c1nnc(SCCCC(=O)NC(N)=O)o1. The first-order chi connectivity index (χ1) is 8.79. The number of thioether (sulfide) groups is 1. The summed E-state index contributed by atoms with van der Waals surface area (Å²) in [6, 6.07) is -0.829. The fraction of sp³-hybridized carbons (Fsp3) is 0.636. The van der Waals surface area contributed by atoms with Crippen LogP contribution in [0.3, 0.4) is 0 Å². The number of nitrogens with zero attached hydrogens (tertiary/aromatic N) is 2. The van der Waals surface area contributed by atoms with Crippen LogP contribution in [-0.4, -0.2) is 27.9 Å².